The Labute approximate surface area is 127 Å². The second-order valence-electron chi connectivity index (χ2n) is 4.84. The van der Waals surface area contributed by atoms with Crippen molar-refractivity contribution in [2.45, 2.75) is 27.2 Å². The van der Waals surface area contributed by atoms with Crippen LogP contribution in [0.5, 0.6) is 0 Å². The molecular formula is C14H26N3Zr. The predicted octanol–water partition coefficient (Wildman–Crippen LogP) is 2.22. The maximum absolute atomic E-state index is 2.39. The fourth-order valence-electron chi connectivity index (χ4n) is 2.25. The van der Waals surface area contributed by atoms with Gasteiger partial charge in [0.15, 0.2) is 0 Å². The SMILES string of the molecule is CCN(C)C1=C(N(C)CC)C(N(C)CC)=[C]([Zr])C1. The summed E-state index contributed by atoms with van der Waals surface area (Å²) in [6.07, 6.45) is 1.13. The van der Waals surface area contributed by atoms with Gasteiger partial charge >= 0.3 is 128 Å². The maximum atomic E-state index is 2.39. The fraction of sp³-hybridized carbons (Fsp3) is 0.714. The molecule has 18 heavy (non-hydrogen) atoms. The van der Waals surface area contributed by atoms with E-state index in [0.717, 1.165) is 26.1 Å². The van der Waals surface area contributed by atoms with Gasteiger partial charge in [-0.25, -0.2) is 0 Å². The van der Waals surface area contributed by atoms with E-state index in [2.05, 4.69) is 56.6 Å². The van der Waals surface area contributed by atoms with Crippen molar-refractivity contribution >= 4 is 0 Å². The molecule has 0 amide bonds. The Morgan fingerprint density at radius 2 is 1.28 bits per heavy atom. The van der Waals surface area contributed by atoms with Gasteiger partial charge in [0, 0.05) is 0 Å². The Kier molecular flexibility index (Phi) is 5.97. The van der Waals surface area contributed by atoms with Gasteiger partial charge in [-0.2, -0.15) is 0 Å². The first-order valence-corrected chi connectivity index (χ1v) is 8.02. The molecular weight excluding hydrogens is 301 g/mol. The summed E-state index contributed by atoms with van der Waals surface area (Å²) < 4.78 is 1.58. The van der Waals surface area contributed by atoms with E-state index in [-0.39, 0.29) is 0 Å². The molecule has 0 heterocycles. The third-order valence-electron chi connectivity index (χ3n) is 3.77. The van der Waals surface area contributed by atoms with Crippen LogP contribution in [0.25, 0.3) is 0 Å². The first kappa shape index (κ1) is 15.8. The monoisotopic (exact) mass is 326 g/mol. The van der Waals surface area contributed by atoms with Crippen LogP contribution in [0.1, 0.15) is 27.2 Å². The molecule has 1 aliphatic carbocycles. The molecule has 0 aromatic rings. The third-order valence-corrected chi connectivity index (χ3v) is 4.79. The van der Waals surface area contributed by atoms with Gasteiger partial charge in [0.2, 0.25) is 0 Å². The van der Waals surface area contributed by atoms with Crippen molar-refractivity contribution < 1.29 is 24.7 Å². The summed E-state index contributed by atoms with van der Waals surface area (Å²) in [5, 5.41) is 0. The zero-order valence-corrected chi connectivity index (χ0v) is 15.1. The first-order chi connectivity index (χ1) is 8.47. The van der Waals surface area contributed by atoms with E-state index in [0.29, 0.717) is 0 Å². The number of nitrogens with zero attached hydrogens (tertiary/aromatic N) is 3. The van der Waals surface area contributed by atoms with Crippen molar-refractivity contribution in [2.24, 2.45) is 0 Å². The van der Waals surface area contributed by atoms with Crippen molar-refractivity contribution in [3.05, 3.63) is 20.4 Å². The molecule has 0 saturated heterocycles. The number of hydrogen-bond acceptors (Lipinski definition) is 3. The van der Waals surface area contributed by atoms with Crippen LogP contribution in [-0.2, 0) is 24.7 Å². The second kappa shape index (κ2) is 6.79. The molecule has 0 unspecified atom stereocenters. The Balaban J connectivity index is 3.21. The standard InChI is InChI=1S/C14H26N3.Zr/c1-7-15(4)12-10-11-13(16(5)8-2)14(12)17(6)9-3;/h7-10H2,1-6H3;. The summed E-state index contributed by atoms with van der Waals surface area (Å²) in [4.78, 5) is 7.17. The Morgan fingerprint density at radius 1 is 0.833 bits per heavy atom. The van der Waals surface area contributed by atoms with E-state index in [1.165, 1.54) is 17.1 Å². The van der Waals surface area contributed by atoms with Gasteiger partial charge in [0.05, 0.1) is 0 Å². The van der Waals surface area contributed by atoms with Gasteiger partial charge in [0.25, 0.3) is 0 Å². The predicted molar refractivity (Wildman–Crippen MR) is 73.6 cm³/mol. The summed E-state index contributed by atoms with van der Waals surface area (Å²) >= 11 is 1.55. The van der Waals surface area contributed by atoms with Crippen LogP contribution in [0, 0.1) is 0 Å². The van der Waals surface area contributed by atoms with Crippen molar-refractivity contribution in [3.8, 4) is 0 Å². The van der Waals surface area contributed by atoms with E-state index in [1.54, 1.807) is 28.0 Å². The molecule has 1 rings (SSSR count). The molecule has 0 radical (unpaired) electrons. The van der Waals surface area contributed by atoms with Crippen LogP contribution in [0.2, 0.25) is 0 Å². The molecule has 0 N–H and O–H groups in total. The van der Waals surface area contributed by atoms with Crippen LogP contribution in [0.15, 0.2) is 20.4 Å². The van der Waals surface area contributed by atoms with Gasteiger partial charge in [-0.3, -0.25) is 0 Å². The average Bonchev–Trinajstić information content (AvgIpc) is 2.73. The molecule has 0 bridgehead atoms. The molecule has 1 aliphatic rings. The van der Waals surface area contributed by atoms with Gasteiger partial charge in [-0.15, -0.1) is 0 Å². The Hall–Kier alpha value is -0.237. The number of likely N-dealkylation sites (N-methyl/N-ethyl adjacent to an activating group) is 2. The van der Waals surface area contributed by atoms with Crippen LogP contribution < -0.4 is 0 Å². The first-order valence-electron chi connectivity index (χ1n) is 6.79. The minimum atomic E-state index is 1.06. The zero-order valence-electron chi connectivity index (χ0n) is 12.7. The summed E-state index contributed by atoms with van der Waals surface area (Å²) in [6, 6.07) is 0. The van der Waals surface area contributed by atoms with Crippen molar-refractivity contribution in [2.75, 3.05) is 40.8 Å². The molecule has 0 aromatic heterocycles. The normalized spacial score (nSPS) is 15.4. The molecule has 0 aromatic carbocycles. The molecule has 0 fully saturated rings. The van der Waals surface area contributed by atoms with Gasteiger partial charge < -0.3 is 0 Å². The van der Waals surface area contributed by atoms with Crippen LogP contribution in [0.3, 0.4) is 0 Å². The van der Waals surface area contributed by atoms with Crippen molar-refractivity contribution in [1.29, 1.82) is 0 Å². The Bertz CT molecular complexity index is 360. The van der Waals surface area contributed by atoms with E-state index >= 15 is 0 Å². The van der Waals surface area contributed by atoms with Crippen LogP contribution >= 0.6 is 0 Å². The molecule has 4 heteroatoms. The van der Waals surface area contributed by atoms with E-state index in [9.17, 15) is 0 Å². The summed E-state index contributed by atoms with van der Waals surface area (Å²) in [6.45, 7) is 9.87. The van der Waals surface area contributed by atoms with E-state index < -0.39 is 0 Å². The Morgan fingerprint density at radius 3 is 1.72 bits per heavy atom. The summed E-state index contributed by atoms with van der Waals surface area (Å²) in [5.74, 6) is 0. The number of rotatable bonds is 6. The quantitative estimate of drug-likeness (QED) is 0.741. The molecule has 0 saturated carbocycles. The average molecular weight is 328 g/mol. The fourth-order valence-corrected chi connectivity index (χ4v) is 3.42. The molecule has 0 spiro atoms. The summed E-state index contributed by atoms with van der Waals surface area (Å²) in [5.41, 5.74) is 4.40. The van der Waals surface area contributed by atoms with Gasteiger partial charge in [0.1, 0.15) is 0 Å². The van der Waals surface area contributed by atoms with Gasteiger partial charge in [-0.1, -0.05) is 0 Å². The van der Waals surface area contributed by atoms with Gasteiger partial charge in [-0.05, 0) is 0 Å². The van der Waals surface area contributed by atoms with E-state index in [1.807, 2.05) is 0 Å². The molecule has 0 aliphatic heterocycles. The third kappa shape index (κ3) is 3.01. The summed E-state index contributed by atoms with van der Waals surface area (Å²) in [7, 11) is 6.62. The second-order valence-corrected chi connectivity index (χ2v) is 6.33. The van der Waals surface area contributed by atoms with Crippen molar-refractivity contribution in [3.63, 3.8) is 0 Å². The molecule has 0 atom stereocenters. The molecule has 101 valence electrons. The van der Waals surface area contributed by atoms with Crippen LogP contribution in [-0.4, -0.2) is 55.5 Å². The molecule has 3 nitrogen and oxygen atoms in total. The van der Waals surface area contributed by atoms with Crippen LogP contribution in [0.4, 0.5) is 0 Å². The number of allylic oxidation sites excluding steroid dienone is 1. The van der Waals surface area contributed by atoms with E-state index in [4.69, 9.17) is 0 Å². The topological polar surface area (TPSA) is 9.72 Å². The zero-order chi connectivity index (χ0) is 13.9. The van der Waals surface area contributed by atoms with Crippen molar-refractivity contribution in [1.82, 2.24) is 14.7 Å². The number of hydrogen-bond donors (Lipinski definition) is 0. The minimum absolute atomic E-state index is 1.06.